The Morgan fingerprint density at radius 2 is 1.96 bits per heavy atom. The molecule has 2 aromatic carbocycles. The summed E-state index contributed by atoms with van der Waals surface area (Å²) in [5.41, 5.74) is 6.23. The fourth-order valence-electron chi connectivity index (χ4n) is 2.59. The molecule has 2 aromatic rings. The van der Waals surface area contributed by atoms with Gasteiger partial charge in [-0.2, -0.15) is 0 Å². The number of nitrogens with zero attached hydrogens (tertiary/aromatic N) is 1. The van der Waals surface area contributed by atoms with Crippen LogP contribution in [0.1, 0.15) is 29.8 Å². The van der Waals surface area contributed by atoms with E-state index in [1.165, 1.54) is 17.3 Å². The van der Waals surface area contributed by atoms with E-state index < -0.39 is 0 Å². The normalized spacial score (nSPS) is 16.0. The number of anilines is 2. The zero-order chi connectivity index (χ0) is 18.0. The zero-order valence-electron chi connectivity index (χ0n) is 14.5. The Labute approximate surface area is 151 Å². The van der Waals surface area contributed by atoms with E-state index in [0.29, 0.717) is 17.8 Å². The summed E-state index contributed by atoms with van der Waals surface area (Å²) in [5.74, 6) is -0.243. The number of carbonyl (C=O) groups excluding carboxylic acids is 2. The molecule has 0 aliphatic carbocycles. The minimum Gasteiger partial charge on any atom is -0.324 e. The van der Waals surface area contributed by atoms with Crippen LogP contribution in [0.3, 0.4) is 0 Å². The average Bonchev–Trinajstić information content (AvgIpc) is 2.61. The number of nitrogens with one attached hydrogen (secondary N) is 2. The third-order valence-corrected chi connectivity index (χ3v) is 5.25. The van der Waals surface area contributed by atoms with E-state index in [1.807, 2.05) is 51.1 Å². The van der Waals surface area contributed by atoms with Crippen LogP contribution in [0.25, 0.3) is 0 Å². The molecule has 6 heteroatoms. The van der Waals surface area contributed by atoms with Crippen LogP contribution < -0.4 is 15.8 Å². The van der Waals surface area contributed by atoms with E-state index in [-0.39, 0.29) is 17.1 Å². The number of rotatable bonds is 4. The Balaban J connectivity index is 1.77. The predicted molar refractivity (Wildman–Crippen MR) is 102 cm³/mol. The standard InChI is InChI=1S/C19H21N3O2S/c1-4-22(15-8-5-12(2)6-9-15)21-19(24)14-7-10-17-16(11-14)20-18(23)13(3)25-17/h5-11,13H,4H2,1-3H3,(H,20,23)(H,21,24)/t13-/m0/s1. The Morgan fingerprint density at radius 3 is 2.64 bits per heavy atom. The monoisotopic (exact) mass is 355 g/mol. The number of carbonyl (C=O) groups is 2. The quantitative estimate of drug-likeness (QED) is 0.823. The molecule has 2 amide bonds. The van der Waals surface area contributed by atoms with Crippen molar-refractivity contribution in [3.8, 4) is 0 Å². The van der Waals surface area contributed by atoms with Gasteiger partial charge < -0.3 is 5.32 Å². The summed E-state index contributed by atoms with van der Waals surface area (Å²) in [5, 5.41) is 4.54. The average molecular weight is 355 g/mol. The number of benzene rings is 2. The van der Waals surface area contributed by atoms with Gasteiger partial charge in [-0.1, -0.05) is 17.7 Å². The maximum atomic E-state index is 12.6. The molecule has 1 aliphatic heterocycles. The van der Waals surface area contributed by atoms with E-state index in [4.69, 9.17) is 0 Å². The van der Waals surface area contributed by atoms with Crippen molar-refractivity contribution in [3.05, 3.63) is 53.6 Å². The highest BCUT2D eigenvalue weighted by molar-refractivity contribution is 8.00. The first-order chi connectivity index (χ1) is 12.0. The second kappa shape index (κ2) is 7.19. The molecule has 0 bridgehead atoms. The van der Waals surface area contributed by atoms with Crippen LogP contribution in [-0.4, -0.2) is 23.6 Å². The molecule has 5 nitrogen and oxygen atoms in total. The van der Waals surface area contributed by atoms with Crippen LogP contribution in [0.15, 0.2) is 47.4 Å². The maximum Gasteiger partial charge on any atom is 0.269 e. The highest BCUT2D eigenvalue weighted by atomic mass is 32.2. The number of aryl methyl sites for hydroxylation is 1. The van der Waals surface area contributed by atoms with Crippen LogP contribution in [0.2, 0.25) is 0 Å². The van der Waals surface area contributed by atoms with Gasteiger partial charge in [0.25, 0.3) is 5.91 Å². The van der Waals surface area contributed by atoms with E-state index in [9.17, 15) is 9.59 Å². The van der Waals surface area contributed by atoms with Crippen molar-refractivity contribution in [1.82, 2.24) is 5.43 Å². The molecule has 130 valence electrons. The fraction of sp³-hybridized carbons (Fsp3) is 0.263. The van der Waals surface area contributed by atoms with Gasteiger partial charge in [0.2, 0.25) is 5.91 Å². The van der Waals surface area contributed by atoms with E-state index in [0.717, 1.165) is 10.6 Å². The summed E-state index contributed by atoms with van der Waals surface area (Å²) in [6, 6.07) is 13.4. The second-order valence-corrected chi connectivity index (χ2v) is 7.36. The molecular formula is C19H21N3O2S. The summed E-state index contributed by atoms with van der Waals surface area (Å²) < 4.78 is 0. The van der Waals surface area contributed by atoms with Gasteiger partial charge >= 0.3 is 0 Å². The summed E-state index contributed by atoms with van der Waals surface area (Å²) in [6.07, 6.45) is 0. The van der Waals surface area contributed by atoms with Gasteiger partial charge in [0.15, 0.2) is 0 Å². The molecule has 0 fully saturated rings. The van der Waals surface area contributed by atoms with Gasteiger partial charge in [-0.3, -0.25) is 20.0 Å². The van der Waals surface area contributed by atoms with E-state index in [2.05, 4.69) is 10.7 Å². The fourth-order valence-corrected chi connectivity index (χ4v) is 3.52. The van der Waals surface area contributed by atoms with Gasteiger partial charge in [0.05, 0.1) is 16.6 Å². The van der Waals surface area contributed by atoms with Gasteiger partial charge in [0, 0.05) is 17.0 Å². The van der Waals surface area contributed by atoms with Crippen LogP contribution >= 0.6 is 11.8 Å². The molecule has 0 saturated heterocycles. The molecule has 2 N–H and O–H groups in total. The number of hydrazine groups is 1. The molecule has 0 saturated carbocycles. The minimum absolute atomic E-state index is 0.0371. The lowest BCUT2D eigenvalue weighted by atomic mass is 10.2. The number of fused-ring (bicyclic) bond motifs is 1. The molecular weight excluding hydrogens is 334 g/mol. The van der Waals surface area contributed by atoms with Crippen molar-refractivity contribution in [2.24, 2.45) is 0 Å². The number of hydrogen-bond donors (Lipinski definition) is 2. The summed E-state index contributed by atoms with van der Waals surface area (Å²) in [7, 11) is 0. The van der Waals surface area contributed by atoms with Gasteiger partial charge in [0.1, 0.15) is 0 Å². The van der Waals surface area contributed by atoms with Gasteiger partial charge in [-0.25, -0.2) is 0 Å². The van der Waals surface area contributed by atoms with Crippen molar-refractivity contribution >= 4 is 35.0 Å². The van der Waals surface area contributed by atoms with E-state index >= 15 is 0 Å². The summed E-state index contributed by atoms with van der Waals surface area (Å²) in [4.78, 5) is 25.4. The molecule has 1 atom stereocenters. The first-order valence-electron chi connectivity index (χ1n) is 8.24. The van der Waals surface area contributed by atoms with Gasteiger partial charge in [-0.15, -0.1) is 11.8 Å². The number of hydrogen-bond acceptors (Lipinski definition) is 4. The van der Waals surface area contributed by atoms with Crippen molar-refractivity contribution in [1.29, 1.82) is 0 Å². The Kier molecular flexibility index (Phi) is 4.99. The predicted octanol–water partition coefficient (Wildman–Crippen LogP) is 3.60. The second-order valence-electron chi connectivity index (χ2n) is 5.98. The van der Waals surface area contributed by atoms with Crippen LogP contribution in [0.4, 0.5) is 11.4 Å². The van der Waals surface area contributed by atoms with Crippen molar-refractivity contribution in [2.75, 3.05) is 16.9 Å². The molecule has 0 radical (unpaired) electrons. The highest BCUT2D eigenvalue weighted by Crippen LogP contribution is 2.35. The van der Waals surface area contributed by atoms with Gasteiger partial charge in [-0.05, 0) is 51.1 Å². The summed E-state index contributed by atoms with van der Waals surface area (Å²) in [6.45, 7) is 6.51. The highest BCUT2D eigenvalue weighted by Gasteiger charge is 2.24. The topological polar surface area (TPSA) is 61.4 Å². The Bertz CT molecular complexity index is 805. The molecule has 0 spiro atoms. The third-order valence-electron chi connectivity index (χ3n) is 4.07. The van der Waals surface area contributed by atoms with E-state index in [1.54, 1.807) is 17.1 Å². The maximum absolute atomic E-state index is 12.6. The first-order valence-corrected chi connectivity index (χ1v) is 9.12. The van der Waals surface area contributed by atoms with Crippen LogP contribution in [0.5, 0.6) is 0 Å². The minimum atomic E-state index is -0.205. The molecule has 0 aromatic heterocycles. The van der Waals surface area contributed by atoms with Crippen molar-refractivity contribution in [3.63, 3.8) is 0 Å². The SMILES string of the molecule is CCN(NC(=O)c1ccc2c(c1)NC(=O)[C@H](C)S2)c1ccc(C)cc1. The largest absolute Gasteiger partial charge is 0.324 e. The third kappa shape index (κ3) is 3.79. The van der Waals surface area contributed by atoms with Crippen molar-refractivity contribution in [2.45, 2.75) is 30.9 Å². The molecule has 0 unspecified atom stereocenters. The molecule has 1 heterocycles. The number of amides is 2. The molecule has 1 aliphatic rings. The lowest BCUT2D eigenvalue weighted by Crippen LogP contribution is -2.42. The number of thioether (sulfide) groups is 1. The Hall–Kier alpha value is -2.47. The van der Waals surface area contributed by atoms with Crippen molar-refractivity contribution < 1.29 is 9.59 Å². The first kappa shape index (κ1) is 17.4. The lowest BCUT2D eigenvalue weighted by Gasteiger charge is -2.25. The zero-order valence-corrected chi connectivity index (χ0v) is 15.3. The van der Waals surface area contributed by atoms with Crippen LogP contribution in [-0.2, 0) is 4.79 Å². The Morgan fingerprint density at radius 1 is 1.24 bits per heavy atom. The lowest BCUT2D eigenvalue weighted by molar-refractivity contribution is -0.115. The summed E-state index contributed by atoms with van der Waals surface area (Å²) >= 11 is 1.50. The molecule has 25 heavy (non-hydrogen) atoms. The smallest absolute Gasteiger partial charge is 0.269 e. The van der Waals surface area contributed by atoms with Crippen LogP contribution in [0, 0.1) is 6.92 Å². The molecule has 3 rings (SSSR count).